The van der Waals surface area contributed by atoms with Crippen LogP contribution in [0.5, 0.6) is 11.5 Å². The van der Waals surface area contributed by atoms with Crippen molar-refractivity contribution in [1.29, 1.82) is 0 Å². The first-order valence-corrected chi connectivity index (χ1v) is 15.0. The first kappa shape index (κ1) is 29.8. The second kappa shape index (κ2) is 12.1. The average Bonchev–Trinajstić information content (AvgIpc) is 3.35. The van der Waals surface area contributed by atoms with Crippen molar-refractivity contribution in [2.45, 2.75) is 43.5 Å². The lowest BCUT2D eigenvalue weighted by Crippen LogP contribution is -2.38. The van der Waals surface area contributed by atoms with Crippen LogP contribution in [0.2, 0.25) is 10.0 Å². The molecule has 2 aliphatic rings. The van der Waals surface area contributed by atoms with Gasteiger partial charge in [0.1, 0.15) is 4.90 Å². The van der Waals surface area contributed by atoms with E-state index in [4.69, 9.17) is 32.7 Å². The van der Waals surface area contributed by atoms with Gasteiger partial charge in [-0.2, -0.15) is 0 Å². The Morgan fingerprint density at radius 1 is 1.05 bits per heavy atom. The van der Waals surface area contributed by atoms with Crippen LogP contribution in [0.15, 0.2) is 53.4 Å². The first-order valence-electron chi connectivity index (χ1n) is 12.8. The number of sulfonamides is 1. The van der Waals surface area contributed by atoms with Crippen LogP contribution in [0.3, 0.4) is 0 Å². The Labute approximate surface area is 247 Å². The number of rotatable bonds is 9. The normalized spacial score (nSPS) is 16.4. The van der Waals surface area contributed by atoms with Gasteiger partial charge < -0.3 is 9.47 Å². The predicted molar refractivity (Wildman–Crippen MR) is 160 cm³/mol. The van der Waals surface area contributed by atoms with Crippen LogP contribution < -0.4 is 13.8 Å². The molecular formula is C29H33Cl3N2O4S. The van der Waals surface area contributed by atoms with E-state index >= 15 is 0 Å². The first-order chi connectivity index (χ1) is 18.2. The molecule has 6 nitrogen and oxygen atoms in total. The van der Waals surface area contributed by atoms with Crippen molar-refractivity contribution >= 4 is 51.3 Å². The molecule has 1 heterocycles. The van der Waals surface area contributed by atoms with Crippen LogP contribution in [0.1, 0.15) is 41.1 Å². The van der Waals surface area contributed by atoms with E-state index in [2.05, 4.69) is 11.0 Å². The van der Waals surface area contributed by atoms with Crippen LogP contribution in [0.25, 0.3) is 0 Å². The van der Waals surface area contributed by atoms with Gasteiger partial charge in [-0.25, -0.2) is 8.42 Å². The van der Waals surface area contributed by atoms with Crippen LogP contribution >= 0.6 is 35.6 Å². The Bertz CT molecular complexity index is 1470. The quantitative estimate of drug-likeness (QED) is 0.264. The van der Waals surface area contributed by atoms with Gasteiger partial charge in [0.2, 0.25) is 0 Å². The van der Waals surface area contributed by atoms with Crippen molar-refractivity contribution in [3.63, 3.8) is 0 Å². The molecule has 39 heavy (non-hydrogen) atoms. The fourth-order valence-corrected chi connectivity index (χ4v) is 8.11. The van der Waals surface area contributed by atoms with E-state index < -0.39 is 10.0 Å². The number of nitrogens with zero attached hydrogens (tertiary/aromatic N) is 2. The maximum atomic E-state index is 13.9. The predicted octanol–water partition coefficient (Wildman–Crippen LogP) is 6.87. The molecule has 5 rings (SSSR count). The highest BCUT2D eigenvalue weighted by Crippen LogP contribution is 2.48. The van der Waals surface area contributed by atoms with E-state index in [0.29, 0.717) is 29.7 Å². The van der Waals surface area contributed by atoms with E-state index in [1.165, 1.54) is 33.1 Å². The minimum atomic E-state index is -3.93. The van der Waals surface area contributed by atoms with E-state index in [1.54, 1.807) is 20.3 Å². The van der Waals surface area contributed by atoms with Crippen LogP contribution in [0, 0.1) is 6.92 Å². The summed E-state index contributed by atoms with van der Waals surface area (Å²) in [6, 6.07) is 14.5. The Morgan fingerprint density at radius 2 is 1.85 bits per heavy atom. The molecule has 0 fully saturated rings. The summed E-state index contributed by atoms with van der Waals surface area (Å²) in [7, 11) is -0.554. The van der Waals surface area contributed by atoms with Crippen LogP contribution in [-0.4, -0.2) is 47.2 Å². The smallest absolute Gasteiger partial charge is 0.265 e. The summed E-state index contributed by atoms with van der Waals surface area (Å²) in [6.45, 7) is 3.97. The minimum Gasteiger partial charge on any atom is -0.493 e. The zero-order valence-corrected chi connectivity index (χ0v) is 25.4. The van der Waals surface area contributed by atoms with E-state index in [0.717, 1.165) is 49.4 Å². The number of hydrogen-bond donors (Lipinski definition) is 0. The van der Waals surface area contributed by atoms with Crippen molar-refractivity contribution < 1.29 is 17.9 Å². The fourth-order valence-electron chi connectivity index (χ4n) is 5.87. The summed E-state index contributed by atoms with van der Waals surface area (Å²) in [6.07, 6.45) is 3.56. The van der Waals surface area contributed by atoms with Gasteiger partial charge in [-0.1, -0.05) is 35.3 Å². The van der Waals surface area contributed by atoms with Crippen molar-refractivity contribution in [3.8, 4) is 11.5 Å². The molecule has 0 radical (unpaired) electrons. The van der Waals surface area contributed by atoms with Gasteiger partial charge in [0.25, 0.3) is 10.0 Å². The fraction of sp³-hybridized carbons (Fsp3) is 0.379. The number of anilines is 1. The number of aryl methyl sites for hydroxylation is 1. The highest BCUT2D eigenvalue weighted by Gasteiger charge is 2.37. The van der Waals surface area contributed by atoms with Gasteiger partial charge >= 0.3 is 0 Å². The minimum absolute atomic E-state index is 0. The molecule has 10 heteroatoms. The summed E-state index contributed by atoms with van der Waals surface area (Å²) in [4.78, 5) is 2.50. The van der Waals surface area contributed by atoms with Gasteiger partial charge in [-0.3, -0.25) is 9.21 Å². The number of benzene rings is 3. The van der Waals surface area contributed by atoms with Gasteiger partial charge in [0.15, 0.2) is 11.5 Å². The third kappa shape index (κ3) is 5.70. The monoisotopic (exact) mass is 610 g/mol. The Kier molecular flexibility index (Phi) is 9.29. The molecule has 210 valence electrons. The van der Waals surface area contributed by atoms with Gasteiger partial charge in [0, 0.05) is 36.3 Å². The highest BCUT2D eigenvalue weighted by atomic mass is 35.5. The number of hydrogen-bond acceptors (Lipinski definition) is 5. The lowest BCUT2D eigenvalue weighted by molar-refractivity contribution is 0.184. The topological polar surface area (TPSA) is 59.1 Å². The zero-order valence-electron chi connectivity index (χ0n) is 22.2. The Hall–Kier alpha value is -2.16. The SMILES string of the molecule is COc1cc2c3c(c1OC)CCC3N(CCCN(c1cccc(C)c1)S(=O)(=O)c1cc(Cl)ccc1Cl)CC2.Cl. The summed E-state index contributed by atoms with van der Waals surface area (Å²) >= 11 is 12.5. The van der Waals surface area contributed by atoms with Crippen molar-refractivity contribution in [1.82, 2.24) is 4.90 Å². The molecule has 1 unspecified atom stereocenters. The molecule has 0 saturated heterocycles. The lowest BCUT2D eigenvalue weighted by Gasteiger charge is -2.36. The third-order valence-corrected chi connectivity index (χ3v) is 10.1. The highest BCUT2D eigenvalue weighted by molar-refractivity contribution is 7.93. The second-order valence-electron chi connectivity index (χ2n) is 9.85. The molecule has 0 spiro atoms. The summed E-state index contributed by atoms with van der Waals surface area (Å²) in [5.74, 6) is 1.64. The number of methoxy groups -OCH3 is 2. The molecule has 0 amide bonds. The van der Waals surface area contributed by atoms with E-state index in [-0.39, 0.29) is 22.3 Å². The third-order valence-electron chi connectivity index (χ3n) is 7.57. The number of ether oxygens (including phenoxy) is 2. The molecule has 3 aromatic carbocycles. The molecule has 1 aliphatic carbocycles. The van der Waals surface area contributed by atoms with Crippen molar-refractivity contribution in [2.24, 2.45) is 0 Å². The summed E-state index contributed by atoms with van der Waals surface area (Å²) < 4.78 is 40.5. The molecule has 0 bridgehead atoms. The van der Waals surface area contributed by atoms with Crippen LogP contribution in [0.4, 0.5) is 5.69 Å². The standard InChI is InChI=1S/C29H32Cl2N2O4S.ClH/c1-19-6-4-7-22(16-19)33(38(34,35)27-18-21(30)8-10-24(27)31)14-5-13-32-15-12-20-17-26(36-2)29(37-3)23-9-11-25(32)28(20)23;/h4,6-8,10,16-18,25H,5,9,11-15H2,1-3H3;1H. The molecule has 0 aromatic heterocycles. The largest absolute Gasteiger partial charge is 0.493 e. The zero-order chi connectivity index (χ0) is 27.0. The van der Waals surface area contributed by atoms with Crippen molar-refractivity contribution in [3.05, 3.63) is 80.8 Å². The van der Waals surface area contributed by atoms with E-state index in [1.807, 2.05) is 31.2 Å². The maximum absolute atomic E-state index is 13.9. The van der Waals surface area contributed by atoms with Crippen molar-refractivity contribution in [2.75, 3.05) is 38.2 Å². The Morgan fingerprint density at radius 3 is 2.56 bits per heavy atom. The Balaban J connectivity index is 0.00000353. The summed E-state index contributed by atoms with van der Waals surface area (Å²) in [5.41, 5.74) is 5.54. The molecule has 1 aliphatic heterocycles. The lowest BCUT2D eigenvalue weighted by atomic mass is 9.92. The molecular weight excluding hydrogens is 579 g/mol. The molecule has 0 N–H and O–H groups in total. The maximum Gasteiger partial charge on any atom is 0.265 e. The van der Waals surface area contributed by atoms with Gasteiger partial charge in [-0.15, -0.1) is 12.4 Å². The van der Waals surface area contributed by atoms with E-state index in [9.17, 15) is 8.42 Å². The molecule has 1 atom stereocenters. The van der Waals surface area contributed by atoms with Gasteiger partial charge in [-0.05, 0) is 85.7 Å². The van der Waals surface area contributed by atoms with Gasteiger partial charge in [0.05, 0.1) is 24.9 Å². The second-order valence-corrected chi connectivity index (χ2v) is 12.5. The molecule has 0 saturated carbocycles. The molecule has 3 aromatic rings. The number of halogens is 3. The summed E-state index contributed by atoms with van der Waals surface area (Å²) in [5, 5.41) is 0.482. The van der Waals surface area contributed by atoms with Crippen LogP contribution in [-0.2, 0) is 22.9 Å². The average molecular weight is 612 g/mol.